The fraction of sp³-hybridized carbons (Fsp3) is 0.286. The Balaban J connectivity index is 1.49. The van der Waals surface area contributed by atoms with Crippen molar-refractivity contribution in [3.63, 3.8) is 0 Å². The molecule has 0 bridgehead atoms. The van der Waals surface area contributed by atoms with E-state index in [-0.39, 0.29) is 24.0 Å². The second-order valence-electron chi connectivity index (χ2n) is 8.30. The number of benzene rings is 3. The number of amides is 2. The van der Waals surface area contributed by atoms with Gasteiger partial charge < -0.3 is 29.6 Å². The molecule has 8 nitrogen and oxygen atoms in total. The Labute approximate surface area is 230 Å². The topological polar surface area (TPSA) is 95.1 Å². The molecule has 0 saturated heterocycles. The maximum absolute atomic E-state index is 12.4. The van der Waals surface area contributed by atoms with Crippen LogP contribution in [-0.2, 0) is 0 Å². The first-order chi connectivity index (χ1) is 17.8. The molecule has 3 rings (SSSR count). The summed E-state index contributed by atoms with van der Waals surface area (Å²) in [6.07, 6.45) is -0.542. The zero-order valence-corrected chi connectivity index (χ0v) is 23.4. The van der Waals surface area contributed by atoms with Crippen LogP contribution >= 0.6 is 22.6 Å². The predicted octanol–water partition coefficient (Wildman–Crippen LogP) is 4.70. The summed E-state index contributed by atoms with van der Waals surface area (Å²) in [5.74, 6) is 2.32. The van der Waals surface area contributed by atoms with Gasteiger partial charge in [-0.05, 0) is 97.1 Å². The number of halogens is 1. The monoisotopic (exact) mass is 618 g/mol. The van der Waals surface area contributed by atoms with Gasteiger partial charge in [0.05, 0.1) is 30.9 Å². The zero-order valence-electron chi connectivity index (χ0n) is 21.2. The van der Waals surface area contributed by atoms with E-state index < -0.39 is 0 Å². The highest BCUT2D eigenvalue weighted by atomic mass is 127. The van der Waals surface area contributed by atoms with Crippen molar-refractivity contribution in [3.8, 4) is 23.0 Å². The van der Waals surface area contributed by atoms with Gasteiger partial charge in [0, 0.05) is 11.1 Å². The van der Waals surface area contributed by atoms with Gasteiger partial charge >= 0.3 is 0 Å². The molecule has 2 atom stereocenters. The first-order valence-corrected chi connectivity index (χ1v) is 12.8. The van der Waals surface area contributed by atoms with Crippen LogP contribution in [0, 0.1) is 3.57 Å². The summed E-state index contributed by atoms with van der Waals surface area (Å²) in [4.78, 5) is 24.8. The van der Waals surface area contributed by atoms with Crippen LogP contribution in [0.4, 0.5) is 0 Å². The molecule has 0 aliphatic carbocycles. The predicted molar refractivity (Wildman–Crippen MR) is 150 cm³/mol. The smallest absolute Gasteiger partial charge is 0.251 e. The van der Waals surface area contributed by atoms with Crippen LogP contribution < -0.4 is 29.6 Å². The molecule has 0 spiro atoms. The number of hydrogen-bond donors (Lipinski definition) is 2. The summed E-state index contributed by atoms with van der Waals surface area (Å²) in [5.41, 5.74) is 1.09. The van der Waals surface area contributed by atoms with Crippen molar-refractivity contribution in [2.75, 3.05) is 27.3 Å². The summed E-state index contributed by atoms with van der Waals surface area (Å²) in [6, 6.07) is 19.4. The molecule has 0 unspecified atom stereocenters. The lowest BCUT2D eigenvalue weighted by Gasteiger charge is -2.20. The van der Waals surface area contributed by atoms with Crippen molar-refractivity contribution in [2.24, 2.45) is 0 Å². The molecule has 0 fully saturated rings. The van der Waals surface area contributed by atoms with Gasteiger partial charge in [0.2, 0.25) is 0 Å². The van der Waals surface area contributed by atoms with E-state index in [1.165, 1.54) is 0 Å². The third-order valence-corrected chi connectivity index (χ3v) is 6.45. The quantitative estimate of drug-likeness (QED) is 0.286. The van der Waals surface area contributed by atoms with Gasteiger partial charge in [-0.3, -0.25) is 9.59 Å². The van der Waals surface area contributed by atoms with Crippen molar-refractivity contribution >= 4 is 34.4 Å². The van der Waals surface area contributed by atoms with Crippen molar-refractivity contribution in [3.05, 3.63) is 81.4 Å². The van der Waals surface area contributed by atoms with Crippen LogP contribution in [0.1, 0.15) is 34.6 Å². The first-order valence-electron chi connectivity index (χ1n) is 11.8. The zero-order chi connectivity index (χ0) is 26.8. The second-order valence-corrected chi connectivity index (χ2v) is 9.38. The van der Waals surface area contributed by atoms with E-state index >= 15 is 0 Å². The molecule has 196 valence electrons. The maximum atomic E-state index is 12.4. The van der Waals surface area contributed by atoms with Crippen molar-refractivity contribution in [1.82, 2.24) is 10.6 Å². The van der Waals surface area contributed by atoms with Crippen molar-refractivity contribution < 1.29 is 28.5 Å². The van der Waals surface area contributed by atoms with E-state index in [1.807, 2.05) is 32.0 Å². The van der Waals surface area contributed by atoms with Gasteiger partial charge in [-0.1, -0.05) is 6.07 Å². The number of hydrogen-bond acceptors (Lipinski definition) is 6. The van der Waals surface area contributed by atoms with Gasteiger partial charge in [-0.2, -0.15) is 0 Å². The highest BCUT2D eigenvalue weighted by Crippen LogP contribution is 2.31. The fourth-order valence-corrected chi connectivity index (χ4v) is 3.97. The number of nitrogens with one attached hydrogen (secondary N) is 2. The van der Waals surface area contributed by atoms with Gasteiger partial charge in [0.25, 0.3) is 11.8 Å². The van der Waals surface area contributed by atoms with Gasteiger partial charge in [0.1, 0.15) is 35.2 Å². The molecule has 0 radical (unpaired) electrons. The van der Waals surface area contributed by atoms with Crippen molar-refractivity contribution in [2.45, 2.75) is 26.1 Å². The fourth-order valence-electron chi connectivity index (χ4n) is 3.35. The van der Waals surface area contributed by atoms with Crippen LogP contribution in [0.3, 0.4) is 0 Å². The molecular formula is C28H31IN2O6. The standard InChI is InChI=1S/C28H31IN2O6/c1-18(16-30-27(32)20-8-12-22(34-3)13-9-20)36-24-6-5-7-25(26(24)29)37-19(2)17-31-28(33)21-10-14-23(35-4)15-11-21/h5-15,18-19H,16-17H2,1-4H3,(H,30,32)(H,31,33)/t18-,19-/m0/s1. The lowest BCUT2D eigenvalue weighted by molar-refractivity contribution is 0.0927. The molecule has 2 N–H and O–H groups in total. The molecule has 0 aliphatic heterocycles. The molecular weight excluding hydrogens is 587 g/mol. The number of carbonyl (C=O) groups is 2. The number of carbonyl (C=O) groups excluding carboxylic acids is 2. The van der Waals surface area contributed by atoms with E-state index in [1.54, 1.807) is 62.8 Å². The molecule has 0 saturated carbocycles. The summed E-state index contributed by atoms with van der Waals surface area (Å²) < 4.78 is 23.2. The Morgan fingerprint density at radius 3 is 1.43 bits per heavy atom. The van der Waals surface area contributed by atoms with Crippen LogP contribution in [0.5, 0.6) is 23.0 Å². The Hall–Kier alpha value is -3.47. The number of ether oxygens (including phenoxy) is 4. The van der Waals surface area contributed by atoms with Crippen LogP contribution in [0.2, 0.25) is 0 Å². The van der Waals surface area contributed by atoms with Crippen LogP contribution in [0.25, 0.3) is 0 Å². The average Bonchev–Trinajstić information content (AvgIpc) is 2.92. The van der Waals surface area contributed by atoms with Crippen LogP contribution in [0.15, 0.2) is 66.7 Å². The lowest BCUT2D eigenvalue weighted by atomic mass is 10.2. The third-order valence-electron chi connectivity index (χ3n) is 5.39. The minimum atomic E-state index is -0.271. The molecule has 3 aromatic rings. The van der Waals surface area contributed by atoms with Crippen LogP contribution in [-0.4, -0.2) is 51.3 Å². The minimum Gasteiger partial charge on any atom is -0.497 e. The molecule has 0 heterocycles. The van der Waals surface area contributed by atoms with E-state index in [0.717, 1.165) is 3.57 Å². The summed E-state index contributed by atoms with van der Waals surface area (Å²) in [7, 11) is 3.16. The molecule has 0 aromatic heterocycles. The average molecular weight is 618 g/mol. The molecule has 2 amide bonds. The maximum Gasteiger partial charge on any atom is 0.251 e. The molecule has 37 heavy (non-hydrogen) atoms. The number of rotatable bonds is 12. The Bertz CT molecular complexity index is 1090. The normalized spacial score (nSPS) is 12.1. The highest BCUT2D eigenvalue weighted by molar-refractivity contribution is 14.1. The first kappa shape index (κ1) is 28.1. The van der Waals surface area contributed by atoms with E-state index in [2.05, 4.69) is 33.2 Å². The molecule has 0 aliphatic rings. The van der Waals surface area contributed by atoms with Gasteiger partial charge in [-0.15, -0.1) is 0 Å². The van der Waals surface area contributed by atoms with Gasteiger partial charge in [-0.25, -0.2) is 0 Å². The molecule has 9 heteroatoms. The summed E-state index contributed by atoms with van der Waals surface area (Å²) in [6.45, 7) is 4.43. The Morgan fingerprint density at radius 2 is 1.08 bits per heavy atom. The Morgan fingerprint density at radius 1 is 0.703 bits per heavy atom. The third kappa shape index (κ3) is 8.28. The minimum absolute atomic E-state index is 0.185. The number of methoxy groups -OCH3 is 2. The lowest BCUT2D eigenvalue weighted by Crippen LogP contribution is -2.34. The highest BCUT2D eigenvalue weighted by Gasteiger charge is 2.16. The summed E-state index contributed by atoms with van der Waals surface area (Å²) in [5, 5.41) is 5.77. The summed E-state index contributed by atoms with van der Waals surface area (Å²) >= 11 is 2.17. The van der Waals surface area contributed by atoms with Crippen molar-refractivity contribution in [1.29, 1.82) is 0 Å². The second kappa shape index (κ2) is 13.7. The largest absolute Gasteiger partial charge is 0.497 e. The van der Waals surface area contributed by atoms with Gasteiger partial charge in [0.15, 0.2) is 0 Å². The SMILES string of the molecule is COc1ccc(C(=O)NC[C@H](C)Oc2cccc(O[C@@H](C)CNC(=O)c3ccc(OC)cc3)c2I)cc1. The molecule has 3 aromatic carbocycles. The Kier molecular flexibility index (Phi) is 10.4. The van der Waals surface area contributed by atoms with E-state index in [0.29, 0.717) is 47.2 Å². The van der Waals surface area contributed by atoms with E-state index in [4.69, 9.17) is 18.9 Å². The van der Waals surface area contributed by atoms with E-state index in [9.17, 15) is 9.59 Å².